The van der Waals surface area contributed by atoms with Crippen LogP contribution in [0.25, 0.3) is 0 Å². The summed E-state index contributed by atoms with van der Waals surface area (Å²) < 4.78 is 0. The number of aliphatic hydroxyl groups excluding tert-OH is 1. The van der Waals surface area contributed by atoms with Gasteiger partial charge >= 0.3 is 0 Å². The minimum Gasteiger partial charge on any atom is -0.391 e. The number of benzene rings is 1. The van der Waals surface area contributed by atoms with Crippen molar-refractivity contribution in [3.8, 4) is 0 Å². The molecule has 0 aliphatic heterocycles. The lowest BCUT2D eigenvalue weighted by atomic mass is 9.77. The normalized spacial score (nSPS) is 20.6. The van der Waals surface area contributed by atoms with Gasteiger partial charge in [0.1, 0.15) is 0 Å². The highest BCUT2D eigenvalue weighted by Crippen LogP contribution is 2.34. The van der Waals surface area contributed by atoms with Crippen LogP contribution in [0, 0.1) is 5.41 Å². The molecular formula is C15H23NO. The van der Waals surface area contributed by atoms with Crippen molar-refractivity contribution in [2.45, 2.75) is 39.2 Å². The molecule has 2 rings (SSSR count). The Morgan fingerprint density at radius 1 is 1.35 bits per heavy atom. The van der Waals surface area contributed by atoms with Crippen LogP contribution in [-0.4, -0.2) is 24.3 Å². The first-order valence-electron chi connectivity index (χ1n) is 6.45. The first-order chi connectivity index (χ1) is 7.98. The fourth-order valence-corrected chi connectivity index (χ4v) is 2.25. The molecule has 0 aromatic heterocycles. The zero-order valence-corrected chi connectivity index (χ0v) is 11.0. The molecule has 2 heteroatoms. The lowest BCUT2D eigenvalue weighted by molar-refractivity contribution is 0.0627. The molecule has 0 amide bonds. The van der Waals surface area contributed by atoms with Gasteiger partial charge in [0.15, 0.2) is 0 Å². The van der Waals surface area contributed by atoms with Crippen molar-refractivity contribution in [2.75, 3.05) is 13.1 Å². The fourth-order valence-electron chi connectivity index (χ4n) is 2.25. The van der Waals surface area contributed by atoms with Crippen LogP contribution in [0.1, 0.15) is 37.8 Å². The highest BCUT2D eigenvalue weighted by Gasteiger charge is 2.26. The van der Waals surface area contributed by atoms with E-state index < -0.39 is 0 Å². The molecule has 2 unspecified atom stereocenters. The molecule has 94 valence electrons. The van der Waals surface area contributed by atoms with Crippen molar-refractivity contribution < 1.29 is 5.11 Å². The molecule has 1 aromatic rings. The van der Waals surface area contributed by atoms with Gasteiger partial charge in [0, 0.05) is 19.0 Å². The highest BCUT2D eigenvalue weighted by molar-refractivity contribution is 5.40. The van der Waals surface area contributed by atoms with Gasteiger partial charge in [-0.1, -0.05) is 45.0 Å². The van der Waals surface area contributed by atoms with E-state index in [1.807, 2.05) is 0 Å². The Morgan fingerprint density at radius 2 is 2.06 bits per heavy atom. The number of fused-ring (bicyclic) bond motifs is 1. The average Bonchev–Trinajstić information content (AvgIpc) is 2.23. The second-order valence-electron chi connectivity index (χ2n) is 6.14. The van der Waals surface area contributed by atoms with E-state index in [2.05, 4.69) is 50.4 Å². The summed E-state index contributed by atoms with van der Waals surface area (Å²) in [5.74, 6) is 0.637. The monoisotopic (exact) mass is 233 g/mol. The lowest BCUT2D eigenvalue weighted by Crippen LogP contribution is -2.39. The SMILES string of the molecule is CC(C)(C)C(O)CNCC1Cc2ccccc21. The molecule has 0 spiro atoms. The van der Waals surface area contributed by atoms with E-state index in [9.17, 15) is 5.11 Å². The molecule has 0 bridgehead atoms. The van der Waals surface area contributed by atoms with Crippen molar-refractivity contribution in [3.05, 3.63) is 35.4 Å². The minimum atomic E-state index is -0.280. The molecule has 0 heterocycles. The van der Waals surface area contributed by atoms with Gasteiger partial charge in [-0.2, -0.15) is 0 Å². The molecule has 2 atom stereocenters. The number of nitrogens with one attached hydrogen (secondary N) is 1. The summed E-state index contributed by atoms with van der Waals surface area (Å²) >= 11 is 0. The highest BCUT2D eigenvalue weighted by atomic mass is 16.3. The van der Waals surface area contributed by atoms with Crippen LogP contribution in [0.2, 0.25) is 0 Å². The van der Waals surface area contributed by atoms with Crippen molar-refractivity contribution >= 4 is 0 Å². The second kappa shape index (κ2) is 4.79. The average molecular weight is 233 g/mol. The summed E-state index contributed by atoms with van der Waals surface area (Å²) in [6.07, 6.45) is 0.896. The van der Waals surface area contributed by atoms with Crippen LogP contribution in [0.4, 0.5) is 0 Å². The molecule has 0 fully saturated rings. The molecule has 1 aromatic carbocycles. The molecule has 1 aliphatic rings. The van der Waals surface area contributed by atoms with Crippen LogP contribution in [0.3, 0.4) is 0 Å². The summed E-state index contributed by atoms with van der Waals surface area (Å²) in [7, 11) is 0. The number of hydrogen-bond acceptors (Lipinski definition) is 2. The van der Waals surface area contributed by atoms with Crippen LogP contribution in [0.5, 0.6) is 0 Å². The zero-order chi connectivity index (χ0) is 12.5. The maximum absolute atomic E-state index is 9.92. The zero-order valence-electron chi connectivity index (χ0n) is 11.0. The quantitative estimate of drug-likeness (QED) is 0.836. The van der Waals surface area contributed by atoms with Gasteiger partial charge in [-0.15, -0.1) is 0 Å². The Kier molecular flexibility index (Phi) is 3.55. The van der Waals surface area contributed by atoms with Crippen molar-refractivity contribution in [1.29, 1.82) is 0 Å². The Morgan fingerprint density at radius 3 is 2.71 bits per heavy atom. The smallest absolute Gasteiger partial charge is 0.0712 e. The van der Waals surface area contributed by atoms with Gasteiger partial charge in [0.25, 0.3) is 0 Å². The molecule has 0 saturated carbocycles. The van der Waals surface area contributed by atoms with Gasteiger partial charge in [0.05, 0.1) is 6.10 Å². The molecule has 0 saturated heterocycles. The number of rotatable bonds is 4. The Labute approximate surface area is 104 Å². The van der Waals surface area contributed by atoms with E-state index >= 15 is 0 Å². The second-order valence-corrected chi connectivity index (χ2v) is 6.14. The maximum atomic E-state index is 9.92. The Bertz CT molecular complexity index is 381. The molecular weight excluding hydrogens is 210 g/mol. The van der Waals surface area contributed by atoms with E-state index in [-0.39, 0.29) is 11.5 Å². The standard InChI is InChI=1S/C15H23NO/c1-15(2,3)14(17)10-16-9-12-8-11-6-4-5-7-13(11)12/h4-7,12,14,16-17H,8-10H2,1-3H3. The lowest BCUT2D eigenvalue weighted by Gasteiger charge is -2.32. The molecule has 2 N–H and O–H groups in total. The first kappa shape index (κ1) is 12.6. The summed E-state index contributed by atoms with van der Waals surface area (Å²) in [4.78, 5) is 0. The Balaban J connectivity index is 1.75. The maximum Gasteiger partial charge on any atom is 0.0712 e. The van der Waals surface area contributed by atoms with Gasteiger partial charge in [-0.3, -0.25) is 0 Å². The predicted octanol–water partition coefficient (Wildman–Crippen LogP) is 2.32. The summed E-state index contributed by atoms with van der Waals surface area (Å²) in [5, 5.41) is 13.3. The summed E-state index contributed by atoms with van der Waals surface area (Å²) in [6, 6.07) is 8.63. The summed E-state index contributed by atoms with van der Waals surface area (Å²) in [6.45, 7) is 7.86. The van der Waals surface area contributed by atoms with Crippen LogP contribution in [-0.2, 0) is 6.42 Å². The van der Waals surface area contributed by atoms with E-state index in [0.717, 1.165) is 6.54 Å². The van der Waals surface area contributed by atoms with Gasteiger partial charge in [-0.05, 0) is 23.0 Å². The van der Waals surface area contributed by atoms with E-state index in [1.165, 1.54) is 17.5 Å². The first-order valence-corrected chi connectivity index (χ1v) is 6.45. The molecule has 17 heavy (non-hydrogen) atoms. The largest absolute Gasteiger partial charge is 0.391 e. The van der Waals surface area contributed by atoms with Crippen LogP contribution < -0.4 is 5.32 Å². The Hall–Kier alpha value is -0.860. The molecule has 0 radical (unpaired) electrons. The van der Waals surface area contributed by atoms with Crippen molar-refractivity contribution in [2.24, 2.45) is 5.41 Å². The third-order valence-corrected chi connectivity index (χ3v) is 3.69. The third-order valence-electron chi connectivity index (χ3n) is 3.69. The summed E-state index contributed by atoms with van der Waals surface area (Å²) in [5.41, 5.74) is 2.92. The fraction of sp³-hybridized carbons (Fsp3) is 0.600. The third kappa shape index (κ3) is 2.88. The number of aliphatic hydroxyl groups is 1. The van der Waals surface area contributed by atoms with Gasteiger partial charge in [-0.25, -0.2) is 0 Å². The van der Waals surface area contributed by atoms with Gasteiger partial charge in [0.2, 0.25) is 0 Å². The van der Waals surface area contributed by atoms with Crippen molar-refractivity contribution in [1.82, 2.24) is 5.32 Å². The van der Waals surface area contributed by atoms with Crippen LogP contribution in [0.15, 0.2) is 24.3 Å². The van der Waals surface area contributed by atoms with Crippen molar-refractivity contribution in [3.63, 3.8) is 0 Å². The van der Waals surface area contributed by atoms with Crippen LogP contribution >= 0.6 is 0 Å². The molecule has 1 aliphatic carbocycles. The molecule has 2 nitrogen and oxygen atoms in total. The van der Waals surface area contributed by atoms with E-state index in [1.54, 1.807) is 0 Å². The van der Waals surface area contributed by atoms with E-state index in [0.29, 0.717) is 12.5 Å². The van der Waals surface area contributed by atoms with Gasteiger partial charge < -0.3 is 10.4 Å². The minimum absolute atomic E-state index is 0.0372. The number of hydrogen-bond donors (Lipinski definition) is 2. The van der Waals surface area contributed by atoms with E-state index in [4.69, 9.17) is 0 Å². The topological polar surface area (TPSA) is 32.3 Å². The predicted molar refractivity (Wildman–Crippen MR) is 71.2 cm³/mol.